The maximum Gasteiger partial charge on any atom is 0.0998 e. The number of nitrogens with zero attached hydrogens (tertiary/aromatic N) is 5. The van der Waals surface area contributed by atoms with E-state index in [4.69, 9.17) is 4.98 Å². The van der Waals surface area contributed by atoms with Crippen molar-refractivity contribution in [1.29, 1.82) is 10.5 Å². The molecule has 0 aliphatic heterocycles. The first-order valence-corrected chi connectivity index (χ1v) is 22.9. The SMILES string of the molecule is N#Cc1cc(-c2cc(-c3ccccn3)ccc2-c2ccccc2-c2cc(CCc3ccc(-c4ccccn4)cc3)cc(CCc3ccc(-c4ccccn4)cc3)c2)cc(C#N)c1-c1ccccc1. The van der Waals surface area contributed by atoms with Gasteiger partial charge in [-0.05, 0) is 141 Å². The molecule has 0 atom stereocenters. The van der Waals surface area contributed by atoms with Crippen LogP contribution in [0.2, 0.25) is 0 Å². The van der Waals surface area contributed by atoms with Gasteiger partial charge in [0.1, 0.15) is 0 Å². The number of aryl methyl sites for hydroxylation is 4. The molecule has 0 bridgehead atoms. The molecular weight excluding hydrogens is 827 g/mol. The number of aromatic nitrogens is 3. The van der Waals surface area contributed by atoms with E-state index in [1.807, 2.05) is 109 Å². The first kappa shape index (κ1) is 42.9. The van der Waals surface area contributed by atoms with Crippen molar-refractivity contribution >= 4 is 0 Å². The van der Waals surface area contributed by atoms with E-state index in [0.717, 1.165) is 98.4 Å². The third-order valence-corrected chi connectivity index (χ3v) is 12.5. The molecule has 0 unspecified atom stereocenters. The zero-order valence-electron chi connectivity index (χ0n) is 37.4. The maximum atomic E-state index is 10.6. The molecule has 0 amide bonds. The van der Waals surface area contributed by atoms with Gasteiger partial charge in [0.15, 0.2) is 0 Å². The molecule has 0 spiro atoms. The Balaban J connectivity index is 1.05. The van der Waals surface area contributed by atoms with Crippen LogP contribution in [-0.4, -0.2) is 15.0 Å². The third kappa shape index (κ3) is 9.51. The lowest BCUT2D eigenvalue weighted by Gasteiger charge is -2.19. The molecule has 322 valence electrons. The van der Waals surface area contributed by atoms with Crippen molar-refractivity contribution in [2.45, 2.75) is 25.7 Å². The van der Waals surface area contributed by atoms with Crippen molar-refractivity contribution in [2.75, 3.05) is 0 Å². The Morgan fingerprint density at radius 2 is 0.721 bits per heavy atom. The standard InChI is InChI=1S/C63H45N5/c64-42-54-39-53(40-55(43-65)63(54)50-12-2-1-3-13-50)59-41-51(62-18-8-11-35-68-62)31-32-58(59)57-15-5-4-14-56(57)52-37-46(21-19-44-23-27-48(28-24-44)60-16-6-9-33-66-60)36-47(38-52)22-20-45-25-29-49(30-26-45)61-17-7-10-34-67-61/h1-18,23-41H,19-22H2. The van der Waals surface area contributed by atoms with E-state index < -0.39 is 0 Å². The summed E-state index contributed by atoms with van der Waals surface area (Å²) in [5.41, 5.74) is 19.4. The summed E-state index contributed by atoms with van der Waals surface area (Å²) in [5.74, 6) is 0. The van der Waals surface area contributed by atoms with Gasteiger partial charge in [0, 0.05) is 40.8 Å². The van der Waals surface area contributed by atoms with Crippen LogP contribution < -0.4 is 0 Å². The number of hydrogen-bond donors (Lipinski definition) is 0. The highest BCUT2D eigenvalue weighted by atomic mass is 14.7. The lowest BCUT2D eigenvalue weighted by Crippen LogP contribution is -1.98. The minimum Gasteiger partial charge on any atom is -0.256 e. The van der Waals surface area contributed by atoms with E-state index >= 15 is 0 Å². The first-order chi connectivity index (χ1) is 33.6. The molecule has 0 saturated heterocycles. The van der Waals surface area contributed by atoms with Gasteiger partial charge in [-0.2, -0.15) is 10.5 Å². The quantitative estimate of drug-likeness (QED) is 0.115. The Morgan fingerprint density at radius 3 is 1.22 bits per heavy atom. The van der Waals surface area contributed by atoms with Gasteiger partial charge in [0.05, 0.1) is 40.3 Å². The summed E-state index contributed by atoms with van der Waals surface area (Å²) in [7, 11) is 0. The van der Waals surface area contributed by atoms with Gasteiger partial charge in [-0.3, -0.25) is 15.0 Å². The molecular formula is C63H45N5. The second kappa shape index (κ2) is 20.0. The number of benzene rings is 7. The van der Waals surface area contributed by atoms with Crippen molar-refractivity contribution < 1.29 is 0 Å². The molecule has 0 radical (unpaired) electrons. The fraction of sp³-hybridized carbons (Fsp3) is 0.0635. The highest BCUT2D eigenvalue weighted by molar-refractivity contribution is 5.95. The predicted molar refractivity (Wildman–Crippen MR) is 275 cm³/mol. The second-order valence-electron chi connectivity index (χ2n) is 16.9. The van der Waals surface area contributed by atoms with Gasteiger partial charge in [-0.1, -0.05) is 152 Å². The highest BCUT2D eigenvalue weighted by Crippen LogP contribution is 2.42. The molecule has 0 fully saturated rings. The van der Waals surface area contributed by atoms with Gasteiger partial charge in [-0.15, -0.1) is 0 Å². The normalized spacial score (nSPS) is 10.9. The fourth-order valence-electron chi connectivity index (χ4n) is 9.11. The van der Waals surface area contributed by atoms with Gasteiger partial charge in [-0.25, -0.2) is 0 Å². The van der Waals surface area contributed by atoms with Gasteiger partial charge >= 0.3 is 0 Å². The monoisotopic (exact) mass is 871 g/mol. The Morgan fingerprint density at radius 1 is 0.294 bits per heavy atom. The van der Waals surface area contributed by atoms with Crippen molar-refractivity contribution in [1.82, 2.24) is 15.0 Å². The van der Waals surface area contributed by atoms with Crippen molar-refractivity contribution in [2.24, 2.45) is 0 Å². The molecule has 10 aromatic rings. The average Bonchev–Trinajstić information content (AvgIpc) is 3.42. The summed E-state index contributed by atoms with van der Waals surface area (Å²) in [6, 6.07) is 76.0. The van der Waals surface area contributed by atoms with E-state index in [2.05, 4.69) is 131 Å². The maximum absolute atomic E-state index is 10.6. The van der Waals surface area contributed by atoms with Crippen LogP contribution in [0.25, 0.3) is 78.3 Å². The molecule has 5 heteroatoms. The molecule has 3 aromatic heterocycles. The fourth-order valence-corrected chi connectivity index (χ4v) is 9.11. The summed E-state index contributed by atoms with van der Waals surface area (Å²) < 4.78 is 0. The Bertz CT molecular complexity index is 3290. The van der Waals surface area contributed by atoms with E-state index in [1.165, 1.54) is 22.3 Å². The second-order valence-corrected chi connectivity index (χ2v) is 16.9. The van der Waals surface area contributed by atoms with Crippen molar-refractivity contribution in [3.05, 3.63) is 258 Å². The number of hydrogen-bond acceptors (Lipinski definition) is 5. The average molecular weight is 872 g/mol. The lowest BCUT2D eigenvalue weighted by molar-refractivity contribution is 0.931. The zero-order valence-corrected chi connectivity index (χ0v) is 37.4. The molecule has 0 aliphatic rings. The molecule has 3 heterocycles. The van der Waals surface area contributed by atoms with E-state index in [9.17, 15) is 10.5 Å². The van der Waals surface area contributed by atoms with E-state index in [1.54, 1.807) is 6.20 Å². The third-order valence-electron chi connectivity index (χ3n) is 12.5. The molecule has 10 rings (SSSR count). The van der Waals surface area contributed by atoms with Gasteiger partial charge < -0.3 is 0 Å². The van der Waals surface area contributed by atoms with E-state index in [0.29, 0.717) is 16.7 Å². The number of rotatable bonds is 13. The van der Waals surface area contributed by atoms with Crippen LogP contribution in [0, 0.1) is 22.7 Å². The smallest absolute Gasteiger partial charge is 0.0998 e. The molecule has 5 nitrogen and oxygen atoms in total. The minimum absolute atomic E-state index is 0.447. The first-order valence-electron chi connectivity index (χ1n) is 22.9. The summed E-state index contributed by atoms with van der Waals surface area (Å²) in [6.07, 6.45) is 8.99. The summed E-state index contributed by atoms with van der Waals surface area (Å²) in [6.45, 7) is 0. The molecule has 0 aliphatic carbocycles. The van der Waals surface area contributed by atoms with Crippen LogP contribution >= 0.6 is 0 Å². The largest absolute Gasteiger partial charge is 0.256 e. The molecule has 0 N–H and O–H groups in total. The van der Waals surface area contributed by atoms with Crippen LogP contribution in [0.3, 0.4) is 0 Å². The molecule has 7 aromatic carbocycles. The van der Waals surface area contributed by atoms with Crippen LogP contribution in [0.4, 0.5) is 0 Å². The predicted octanol–water partition coefficient (Wildman–Crippen LogP) is 14.9. The highest BCUT2D eigenvalue weighted by Gasteiger charge is 2.20. The Kier molecular flexibility index (Phi) is 12.6. The minimum atomic E-state index is 0.447. The summed E-state index contributed by atoms with van der Waals surface area (Å²) >= 11 is 0. The summed E-state index contributed by atoms with van der Waals surface area (Å²) in [5, 5.41) is 21.2. The number of pyridine rings is 3. The molecule has 0 saturated carbocycles. The van der Waals surface area contributed by atoms with Crippen molar-refractivity contribution in [3.63, 3.8) is 0 Å². The zero-order chi connectivity index (χ0) is 46.1. The summed E-state index contributed by atoms with van der Waals surface area (Å²) in [4.78, 5) is 13.8. The molecule has 68 heavy (non-hydrogen) atoms. The van der Waals surface area contributed by atoms with Crippen LogP contribution in [0.15, 0.2) is 225 Å². The van der Waals surface area contributed by atoms with Crippen LogP contribution in [0.5, 0.6) is 0 Å². The Labute approximate surface area is 398 Å². The Hall–Kier alpha value is -9.03. The topological polar surface area (TPSA) is 86.2 Å². The lowest BCUT2D eigenvalue weighted by atomic mass is 9.85. The van der Waals surface area contributed by atoms with Gasteiger partial charge in [0.25, 0.3) is 0 Å². The van der Waals surface area contributed by atoms with Crippen LogP contribution in [0.1, 0.15) is 33.4 Å². The van der Waals surface area contributed by atoms with E-state index in [-0.39, 0.29) is 0 Å². The van der Waals surface area contributed by atoms with Gasteiger partial charge in [0.2, 0.25) is 0 Å². The number of nitriles is 2. The van der Waals surface area contributed by atoms with Crippen molar-refractivity contribution in [3.8, 4) is 90.4 Å². The van der Waals surface area contributed by atoms with Crippen LogP contribution in [-0.2, 0) is 25.7 Å².